The summed E-state index contributed by atoms with van der Waals surface area (Å²) in [4.78, 5) is 11.1. The molecule has 0 amide bonds. The monoisotopic (exact) mass is 235 g/mol. The van der Waals surface area contributed by atoms with Crippen LogP contribution in [-0.2, 0) is 0 Å². The minimum Gasteiger partial charge on any atom is -0.373 e. The Morgan fingerprint density at radius 1 is 1.24 bits per heavy atom. The Bertz CT molecular complexity index is 371. The molecule has 0 radical (unpaired) electrons. The first-order valence-corrected chi connectivity index (χ1v) is 6.16. The average molecular weight is 235 g/mol. The Morgan fingerprint density at radius 3 is 2.53 bits per heavy atom. The van der Waals surface area contributed by atoms with E-state index in [1.807, 2.05) is 20.0 Å². The van der Waals surface area contributed by atoms with Gasteiger partial charge >= 0.3 is 0 Å². The summed E-state index contributed by atoms with van der Waals surface area (Å²) in [6.45, 7) is 4.22. The van der Waals surface area contributed by atoms with Crippen molar-refractivity contribution in [3.8, 4) is 0 Å². The van der Waals surface area contributed by atoms with Crippen LogP contribution in [0.5, 0.6) is 0 Å². The number of aryl methyl sites for hydroxylation is 1. The first-order valence-electron chi connectivity index (χ1n) is 6.16. The van der Waals surface area contributed by atoms with Crippen LogP contribution in [0.25, 0.3) is 0 Å². The van der Waals surface area contributed by atoms with E-state index in [0.717, 1.165) is 30.5 Å². The molecule has 2 rings (SSSR count). The fourth-order valence-electron chi connectivity index (χ4n) is 2.13. The molecular weight excluding hydrogens is 214 g/mol. The molecule has 0 aliphatic carbocycles. The molecule has 94 valence electrons. The number of nitrogens with zero attached hydrogens (tertiary/aromatic N) is 3. The molecule has 0 atom stereocenters. The summed E-state index contributed by atoms with van der Waals surface area (Å²) < 4.78 is 0. The van der Waals surface area contributed by atoms with Crippen molar-refractivity contribution in [1.82, 2.24) is 14.9 Å². The Labute approximate surface area is 103 Å². The summed E-state index contributed by atoms with van der Waals surface area (Å²) >= 11 is 0. The highest BCUT2D eigenvalue weighted by Gasteiger charge is 2.16. The van der Waals surface area contributed by atoms with Crippen molar-refractivity contribution in [3.05, 3.63) is 11.9 Å². The van der Waals surface area contributed by atoms with Gasteiger partial charge in [-0.2, -0.15) is 0 Å². The highest BCUT2D eigenvalue weighted by molar-refractivity contribution is 5.47. The van der Waals surface area contributed by atoms with E-state index >= 15 is 0 Å². The first kappa shape index (κ1) is 12.1. The van der Waals surface area contributed by atoms with Gasteiger partial charge in [0.15, 0.2) is 0 Å². The maximum absolute atomic E-state index is 4.42. The summed E-state index contributed by atoms with van der Waals surface area (Å²) in [6.07, 6.45) is 2.35. The van der Waals surface area contributed by atoms with Gasteiger partial charge in [-0.15, -0.1) is 0 Å². The van der Waals surface area contributed by atoms with Crippen molar-refractivity contribution in [2.45, 2.75) is 25.8 Å². The van der Waals surface area contributed by atoms with E-state index in [1.165, 1.54) is 12.8 Å². The van der Waals surface area contributed by atoms with E-state index in [4.69, 9.17) is 0 Å². The largest absolute Gasteiger partial charge is 0.373 e. The summed E-state index contributed by atoms with van der Waals surface area (Å²) in [6, 6.07) is 2.50. The molecule has 1 aliphatic rings. The molecule has 1 aliphatic heterocycles. The summed E-state index contributed by atoms with van der Waals surface area (Å²) in [5.41, 5.74) is 0. The second-order valence-corrected chi connectivity index (χ2v) is 4.66. The van der Waals surface area contributed by atoms with Crippen molar-refractivity contribution in [2.75, 3.05) is 37.8 Å². The van der Waals surface area contributed by atoms with Crippen molar-refractivity contribution >= 4 is 11.6 Å². The topological polar surface area (TPSA) is 53.1 Å². The maximum Gasteiger partial charge on any atom is 0.132 e. The minimum atomic E-state index is 0.533. The highest BCUT2D eigenvalue weighted by Crippen LogP contribution is 2.16. The zero-order valence-electron chi connectivity index (χ0n) is 10.8. The predicted molar refractivity (Wildman–Crippen MR) is 70.5 cm³/mol. The van der Waals surface area contributed by atoms with Crippen LogP contribution in [0.1, 0.15) is 18.7 Å². The fraction of sp³-hybridized carbons (Fsp3) is 0.667. The Balaban J connectivity index is 2.00. The van der Waals surface area contributed by atoms with E-state index in [1.54, 1.807) is 0 Å². The molecule has 0 unspecified atom stereocenters. The minimum absolute atomic E-state index is 0.533. The number of nitrogens with one attached hydrogen (secondary N) is 2. The molecule has 2 heterocycles. The van der Waals surface area contributed by atoms with Crippen LogP contribution in [0.4, 0.5) is 11.6 Å². The molecule has 0 aromatic carbocycles. The molecule has 0 spiro atoms. The third kappa shape index (κ3) is 3.30. The van der Waals surface area contributed by atoms with E-state index in [0.29, 0.717) is 6.04 Å². The summed E-state index contributed by atoms with van der Waals surface area (Å²) in [5, 5.41) is 6.55. The van der Waals surface area contributed by atoms with Gasteiger partial charge < -0.3 is 15.5 Å². The van der Waals surface area contributed by atoms with Crippen molar-refractivity contribution < 1.29 is 0 Å². The molecular formula is C12H21N5. The van der Waals surface area contributed by atoms with Gasteiger partial charge in [0.25, 0.3) is 0 Å². The molecule has 1 aromatic heterocycles. The second kappa shape index (κ2) is 5.31. The average Bonchev–Trinajstić information content (AvgIpc) is 2.31. The number of anilines is 2. The Hall–Kier alpha value is -1.36. The van der Waals surface area contributed by atoms with Gasteiger partial charge in [0.2, 0.25) is 0 Å². The SMILES string of the molecule is CNc1cc(NC2CCN(C)CC2)nc(C)n1. The van der Waals surface area contributed by atoms with Crippen LogP contribution in [0, 0.1) is 6.92 Å². The van der Waals surface area contributed by atoms with Crippen LogP contribution in [0.3, 0.4) is 0 Å². The maximum atomic E-state index is 4.42. The Kier molecular flexibility index (Phi) is 3.78. The normalized spacial score (nSPS) is 18.1. The molecule has 0 bridgehead atoms. The van der Waals surface area contributed by atoms with Crippen molar-refractivity contribution in [1.29, 1.82) is 0 Å². The zero-order valence-corrected chi connectivity index (χ0v) is 10.8. The van der Waals surface area contributed by atoms with Gasteiger partial charge in [-0.3, -0.25) is 0 Å². The molecule has 5 nitrogen and oxygen atoms in total. The smallest absolute Gasteiger partial charge is 0.132 e. The predicted octanol–water partition coefficient (Wildman–Crippen LogP) is 1.33. The molecule has 5 heteroatoms. The van der Waals surface area contributed by atoms with Gasteiger partial charge in [0.1, 0.15) is 17.5 Å². The van der Waals surface area contributed by atoms with Crippen LogP contribution < -0.4 is 10.6 Å². The lowest BCUT2D eigenvalue weighted by atomic mass is 10.1. The van der Waals surface area contributed by atoms with Gasteiger partial charge in [0, 0.05) is 19.2 Å². The standard InChI is InChI=1S/C12H21N5/c1-9-14-11(13-2)8-12(15-9)16-10-4-6-17(3)7-5-10/h8,10H,4-7H2,1-3H3,(H2,13,14,15,16). The molecule has 1 aromatic rings. The van der Waals surface area contributed by atoms with Gasteiger partial charge in [-0.25, -0.2) is 9.97 Å². The molecule has 1 fully saturated rings. The second-order valence-electron chi connectivity index (χ2n) is 4.66. The van der Waals surface area contributed by atoms with Crippen LogP contribution in [-0.4, -0.2) is 48.1 Å². The third-order valence-electron chi connectivity index (χ3n) is 3.16. The van der Waals surface area contributed by atoms with E-state index in [-0.39, 0.29) is 0 Å². The number of piperidine rings is 1. The lowest BCUT2D eigenvalue weighted by Crippen LogP contribution is -2.36. The third-order valence-corrected chi connectivity index (χ3v) is 3.16. The first-order chi connectivity index (χ1) is 8.17. The molecule has 2 N–H and O–H groups in total. The van der Waals surface area contributed by atoms with Gasteiger partial charge in [-0.05, 0) is 39.9 Å². The number of hydrogen-bond donors (Lipinski definition) is 2. The Morgan fingerprint density at radius 2 is 1.88 bits per heavy atom. The van der Waals surface area contributed by atoms with Crippen molar-refractivity contribution in [2.24, 2.45) is 0 Å². The summed E-state index contributed by atoms with van der Waals surface area (Å²) in [7, 11) is 4.05. The number of hydrogen-bond acceptors (Lipinski definition) is 5. The lowest BCUT2D eigenvalue weighted by molar-refractivity contribution is 0.263. The van der Waals surface area contributed by atoms with Gasteiger partial charge in [0.05, 0.1) is 0 Å². The number of likely N-dealkylation sites (tertiary alicyclic amines) is 1. The van der Waals surface area contributed by atoms with Crippen molar-refractivity contribution in [3.63, 3.8) is 0 Å². The van der Waals surface area contributed by atoms with Crippen LogP contribution in [0.15, 0.2) is 6.07 Å². The lowest BCUT2D eigenvalue weighted by Gasteiger charge is -2.29. The van der Waals surface area contributed by atoms with Gasteiger partial charge in [-0.1, -0.05) is 0 Å². The molecule has 0 saturated carbocycles. The molecule has 1 saturated heterocycles. The van der Waals surface area contributed by atoms with E-state index in [9.17, 15) is 0 Å². The highest BCUT2D eigenvalue weighted by atomic mass is 15.1. The molecule has 17 heavy (non-hydrogen) atoms. The number of rotatable bonds is 3. The van der Waals surface area contributed by atoms with Crippen LogP contribution in [0.2, 0.25) is 0 Å². The van der Waals surface area contributed by atoms with E-state index < -0.39 is 0 Å². The zero-order chi connectivity index (χ0) is 12.3. The fourth-order valence-corrected chi connectivity index (χ4v) is 2.13. The quantitative estimate of drug-likeness (QED) is 0.828. The number of aromatic nitrogens is 2. The van der Waals surface area contributed by atoms with Crippen LogP contribution >= 0.6 is 0 Å². The summed E-state index contributed by atoms with van der Waals surface area (Å²) in [5.74, 6) is 2.59. The van der Waals surface area contributed by atoms with E-state index in [2.05, 4.69) is 32.5 Å².